The van der Waals surface area contributed by atoms with E-state index in [1.54, 1.807) is 20.8 Å². The number of halogens is 1. The molecule has 0 atom stereocenters. The van der Waals surface area contributed by atoms with Gasteiger partial charge in [-0.2, -0.15) is 4.37 Å². The van der Waals surface area contributed by atoms with Gasteiger partial charge in [-0.15, -0.1) is 0 Å². The smallest absolute Gasteiger partial charge is 0.360 e. The molecule has 0 bridgehead atoms. The second-order valence-electron chi connectivity index (χ2n) is 4.98. The minimum atomic E-state index is -0.546. The van der Waals surface area contributed by atoms with Gasteiger partial charge in [-0.05, 0) is 46.2 Å². The van der Waals surface area contributed by atoms with Crippen LogP contribution in [0.25, 0.3) is 0 Å². The average Bonchev–Trinajstić information content (AvgIpc) is 2.44. The molecule has 4 nitrogen and oxygen atoms in total. The molecule has 1 heterocycles. The predicted octanol–water partition coefficient (Wildman–Crippen LogP) is 3.57. The number of nitrogens with one attached hydrogen (secondary N) is 1. The van der Waals surface area contributed by atoms with Gasteiger partial charge in [0.25, 0.3) is 0 Å². The first-order valence-corrected chi connectivity index (χ1v) is 6.51. The Kier molecular flexibility index (Phi) is 4.38. The van der Waals surface area contributed by atoms with Gasteiger partial charge >= 0.3 is 5.97 Å². The lowest BCUT2D eigenvalue weighted by Crippen LogP contribution is -2.24. The highest BCUT2D eigenvalue weighted by Gasteiger charge is 2.24. The summed E-state index contributed by atoms with van der Waals surface area (Å²) in [6, 6.07) is 0.236. The number of hydrogen-bond donors (Lipinski definition) is 1. The third-order valence-corrected chi connectivity index (χ3v) is 2.91. The number of hydrogen-bond acceptors (Lipinski definition) is 5. The van der Waals surface area contributed by atoms with Crippen LogP contribution in [0.3, 0.4) is 0 Å². The SMILES string of the molecule is CC(C)Nc1snc(C(=O)OC(C)(C)C)c1Cl. The third-order valence-electron chi connectivity index (χ3n) is 1.65. The molecule has 96 valence electrons. The Balaban J connectivity index is 2.86. The molecule has 0 aliphatic carbocycles. The van der Waals surface area contributed by atoms with E-state index in [0.29, 0.717) is 10.0 Å². The monoisotopic (exact) mass is 276 g/mol. The summed E-state index contributed by atoms with van der Waals surface area (Å²) < 4.78 is 9.24. The molecule has 6 heteroatoms. The largest absolute Gasteiger partial charge is 0.455 e. The van der Waals surface area contributed by atoms with Crippen molar-refractivity contribution in [1.29, 1.82) is 0 Å². The van der Waals surface area contributed by atoms with Gasteiger partial charge in [-0.3, -0.25) is 0 Å². The zero-order valence-electron chi connectivity index (χ0n) is 10.6. The Labute approximate surface area is 110 Å². The van der Waals surface area contributed by atoms with Crippen LogP contribution in [0.1, 0.15) is 45.1 Å². The van der Waals surface area contributed by atoms with Gasteiger partial charge in [0.1, 0.15) is 15.6 Å². The summed E-state index contributed by atoms with van der Waals surface area (Å²) >= 11 is 7.24. The summed E-state index contributed by atoms with van der Waals surface area (Å²) in [6.07, 6.45) is 0. The standard InChI is InChI=1S/C11H17ClN2O2S/c1-6(2)13-9-7(12)8(14-17-9)10(15)16-11(3,4)5/h6,13H,1-5H3. The molecular weight excluding hydrogens is 260 g/mol. The van der Waals surface area contributed by atoms with E-state index < -0.39 is 11.6 Å². The van der Waals surface area contributed by atoms with Crippen LogP contribution in [0, 0.1) is 0 Å². The van der Waals surface area contributed by atoms with E-state index in [1.165, 1.54) is 0 Å². The summed E-state index contributed by atoms with van der Waals surface area (Å²) in [5.74, 6) is -0.490. The van der Waals surface area contributed by atoms with Gasteiger partial charge in [0, 0.05) is 6.04 Å². The van der Waals surface area contributed by atoms with E-state index in [9.17, 15) is 4.79 Å². The van der Waals surface area contributed by atoms with Crippen molar-refractivity contribution in [2.45, 2.75) is 46.3 Å². The topological polar surface area (TPSA) is 51.2 Å². The average molecular weight is 277 g/mol. The van der Waals surface area contributed by atoms with Crippen molar-refractivity contribution in [3.05, 3.63) is 10.7 Å². The number of rotatable bonds is 3. The van der Waals surface area contributed by atoms with Crippen LogP contribution in [0.5, 0.6) is 0 Å². The minimum absolute atomic E-state index is 0.176. The van der Waals surface area contributed by atoms with Crippen LogP contribution < -0.4 is 5.32 Å². The molecule has 0 aromatic carbocycles. The molecule has 17 heavy (non-hydrogen) atoms. The number of esters is 1. The molecule has 1 aromatic heterocycles. The Morgan fingerprint density at radius 2 is 2.06 bits per heavy atom. The summed E-state index contributed by atoms with van der Waals surface area (Å²) in [7, 11) is 0. The third kappa shape index (κ3) is 4.16. The Morgan fingerprint density at radius 3 is 2.53 bits per heavy atom. The van der Waals surface area contributed by atoms with Gasteiger partial charge in [0.05, 0.1) is 0 Å². The highest BCUT2D eigenvalue weighted by molar-refractivity contribution is 7.11. The molecule has 0 saturated heterocycles. The van der Waals surface area contributed by atoms with Gasteiger partial charge in [0.15, 0.2) is 5.69 Å². The van der Waals surface area contributed by atoms with Gasteiger partial charge in [0.2, 0.25) is 0 Å². The second kappa shape index (κ2) is 5.23. The molecule has 0 spiro atoms. The molecule has 0 amide bonds. The van der Waals surface area contributed by atoms with E-state index in [4.69, 9.17) is 16.3 Å². The van der Waals surface area contributed by atoms with Crippen LogP contribution in [0.2, 0.25) is 5.02 Å². The molecule has 1 rings (SSSR count). The fourth-order valence-corrected chi connectivity index (χ4v) is 2.23. The number of nitrogens with zero attached hydrogens (tertiary/aromatic N) is 1. The lowest BCUT2D eigenvalue weighted by Gasteiger charge is -2.18. The van der Waals surface area contributed by atoms with E-state index in [0.717, 1.165) is 11.5 Å². The fraction of sp³-hybridized carbons (Fsp3) is 0.636. The maximum atomic E-state index is 11.8. The van der Waals surface area contributed by atoms with Crippen molar-refractivity contribution in [1.82, 2.24) is 4.37 Å². The van der Waals surface area contributed by atoms with E-state index in [1.807, 2.05) is 13.8 Å². The van der Waals surface area contributed by atoms with Crippen molar-refractivity contribution in [2.75, 3.05) is 5.32 Å². The van der Waals surface area contributed by atoms with Crippen LogP contribution in [0.15, 0.2) is 0 Å². The van der Waals surface area contributed by atoms with E-state index in [2.05, 4.69) is 9.69 Å². The van der Waals surface area contributed by atoms with Crippen LogP contribution >= 0.6 is 23.1 Å². The van der Waals surface area contributed by atoms with Crippen LogP contribution in [0.4, 0.5) is 5.00 Å². The maximum Gasteiger partial charge on any atom is 0.360 e. The second-order valence-corrected chi connectivity index (χ2v) is 6.13. The molecule has 0 unspecified atom stereocenters. The van der Waals surface area contributed by atoms with Crippen LogP contribution in [-0.2, 0) is 4.74 Å². The highest BCUT2D eigenvalue weighted by atomic mass is 35.5. The van der Waals surface area contributed by atoms with Gasteiger partial charge < -0.3 is 10.1 Å². The molecule has 0 aliphatic rings. The minimum Gasteiger partial charge on any atom is -0.455 e. The first-order valence-electron chi connectivity index (χ1n) is 5.36. The fourth-order valence-electron chi connectivity index (χ4n) is 1.08. The van der Waals surface area contributed by atoms with Crippen molar-refractivity contribution in [2.24, 2.45) is 0 Å². The summed E-state index contributed by atoms with van der Waals surface area (Å²) in [5, 5.41) is 4.16. The van der Waals surface area contributed by atoms with Crippen LogP contribution in [-0.4, -0.2) is 22.0 Å². The van der Waals surface area contributed by atoms with Crippen molar-refractivity contribution in [3.8, 4) is 0 Å². The first kappa shape index (κ1) is 14.3. The summed E-state index contributed by atoms with van der Waals surface area (Å²) in [5.41, 5.74) is -0.370. The zero-order chi connectivity index (χ0) is 13.2. The van der Waals surface area contributed by atoms with Crippen molar-refractivity contribution < 1.29 is 9.53 Å². The molecular formula is C11H17ClN2O2S. The number of carbonyl (C=O) groups is 1. The summed E-state index contributed by atoms with van der Waals surface area (Å²) in [4.78, 5) is 11.8. The van der Waals surface area contributed by atoms with E-state index in [-0.39, 0.29) is 11.7 Å². The number of anilines is 1. The van der Waals surface area contributed by atoms with Crippen molar-refractivity contribution in [3.63, 3.8) is 0 Å². The van der Waals surface area contributed by atoms with Gasteiger partial charge in [-0.25, -0.2) is 4.79 Å². The number of ether oxygens (including phenoxy) is 1. The van der Waals surface area contributed by atoms with Crippen molar-refractivity contribution >= 4 is 34.1 Å². The quantitative estimate of drug-likeness (QED) is 0.858. The normalized spacial score (nSPS) is 11.7. The molecule has 1 N–H and O–H groups in total. The maximum absolute atomic E-state index is 11.8. The zero-order valence-corrected chi connectivity index (χ0v) is 12.2. The molecule has 1 aromatic rings. The van der Waals surface area contributed by atoms with E-state index >= 15 is 0 Å². The Bertz CT molecular complexity index is 410. The lowest BCUT2D eigenvalue weighted by molar-refractivity contribution is 0.00645. The van der Waals surface area contributed by atoms with Gasteiger partial charge in [-0.1, -0.05) is 11.6 Å². The number of carbonyl (C=O) groups excluding carboxylic acids is 1. The molecule has 0 saturated carbocycles. The predicted molar refractivity (Wildman–Crippen MR) is 71.1 cm³/mol. The Hall–Kier alpha value is -0.810. The highest BCUT2D eigenvalue weighted by Crippen LogP contribution is 2.31. The molecule has 0 aliphatic heterocycles. The summed E-state index contributed by atoms with van der Waals surface area (Å²) in [6.45, 7) is 9.39. The number of aromatic nitrogens is 1. The molecule has 0 radical (unpaired) electrons. The lowest BCUT2D eigenvalue weighted by atomic mass is 10.2. The first-order chi connectivity index (χ1) is 7.70. The molecule has 0 fully saturated rings. The Morgan fingerprint density at radius 1 is 1.47 bits per heavy atom.